The number of benzene rings is 1. The summed E-state index contributed by atoms with van der Waals surface area (Å²) in [6.45, 7) is 5.39. The van der Waals surface area contributed by atoms with Crippen LogP contribution in [0.3, 0.4) is 0 Å². The van der Waals surface area contributed by atoms with E-state index < -0.39 is 9.84 Å². The Labute approximate surface area is 177 Å². The molecule has 2 aromatic rings. The van der Waals surface area contributed by atoms with Gasteiger partial charge in [-0.05, 0) is 31.5 Å². The van der Waals surface area contributed by atoms with Crippen molar-refractivity contribution in [2.45, 2.75) is 38.0 Å². The summed E-state index contributed by atoms with van der Waals surface area (Å²) in [6, 6.07) is 6.19. The lowest BCUT2D eigenvalue weighted by atomic mass is 9.99. The topological polar surface area (TPSA) is 73.7 Å². The van der Waals surface area contributed by atoms with Crippen LogP contribution in [0.5, 0.6) is 5.75 Å². The van der Waals surface area contributed by atoms with E-state index in [1.807, 2.05) is 0 Å². The molecule has 0 radical (unpaired) electrons. The number of hydrogen-bond acceptors (Lipinski definition) is 6. The van der Waals surface area contributed by atoms with Crippen LogP contribution >= 0.6 is 0 Å². The Bertz CT molecular complexity index is 932. The van der Waals surface area contributed by atoms with Crippen LogP contribution in [-0.4, -0.2) is 62.0 Å². The van der Waals surface area contributed by atoms with Crippen molar-refractivity contribution in [2.75, 3.05) is 39.2 Å². The molecule has 30 heavy (non-hydrogen) atoms. The van der Waals surface area contributed by atoms with Gasteiger partial charge in [0.2, 0.25) is 15.0 Å². The molecule has 0 saturated carbocycles. The third kappa shape index (κ3) is 5.80. The molecule has 1 aliphatic heterocycles. The first kappa shape index (κ1) is 22.7. The molecule has 7 nitrogen and oxygen atoms in total. The van der Waals surface area contributed by atoms with Crippen molar-refractivity contribution < 1.29 is 22.3 Å². The van der Waals surface area contributed by atoms with Crippen molar-refractivity contribution in [2.24, 2.45) is 5.92 Å². The van der Waals surface area contributed by atoms with Crippen LogP contribution in [0.15, 0.2) is 35.6 Å². The third-order valence-electron chi connectivity index (χ3n) is 5.35. The molecule has 0 N–H and O–H groups in total. The first-order valence-electron chi connectivity index (χ1n) is 10.3. The summed E-state index contributed by atoms with van der Waals surface area (Å²) in [5.41, 5.74) is 0.866. The Kier molecular flexibility index (Phi) is 7.85. The maximum absolute atomic E-state index is 13.3. The Morgan fingerprint density at radius 3 is 2.90 bits per heavy atom. The first-order valence-corrected chi connectivity index (χ1v) is 11.9. The van der Waals surface area contributed by atoms with Gasteiger partial charge in [-0.1, -0.05) is 13.0 Å². The number of piperidine rings is 1. The van der Waals surface area contributed by atoms with Crippen LogP contribution in [0.4, 0.5) is 4.39 Å². The van der Waals surface area contributed by atoms with Crippen LogP contribution in [-0.2, 0) is 27.7 Å². The van der Waals surface area contributed by atoms with Crippen molar-refractivity contribution in [3.8, 4) is 5.75 Å². The highest BCUT2D eigenvalue weighted by Gasteiger charge is 2.25. The largest absolute Gasteiger partial charge is 0.493 e. The van der Waals surface area contributed by atoms with E-state index in [1.165, 1.54) is 12.1 Å². The third-order valence-corrected chi connectivity index (χ3v) is 6.99. The van der Waals surface area contributed by atoms with Crippen LogP contribution in [0.25, 0.3) is 0 Å². The van der Waals surface area contributed by atoms with Gasteiger partial charge in [0, 0.05) is 38.7 Å². The minimum absolute atomic E-state index is 0.0135. The summed E-state index contributed by atoms with van der Waals surface area (Å²) in [4.78, 5) is 6.51. The summed E-state index contributed by atoms with van der Waals surface area (Å²) in [7, 11) is -1.81. The van der Waals surface area contributed by atoms with Gasteiger partial charge in [0.25, 0.3) is 0 Å². The van der Waals surface area contributed by atoms with Gasteiger partial charge >= 0.3 is 0 Å². The smallest absolute Gasteiger partial charge is 0.227 e. The fourth-order valence-corrected chi connectivity index (χ4v) is 4.76. The van der Waals surface area contributed by atoms with Crippen LogP contribution < -0.4 is 4.74 Å². The fraction of sp³-hybridized carbons (Fsp3) is 0.571. The molecule has 1 fully saturated rings. The highest BCUT2D eigenvalue weighted by atomic mass is 32.2. The predicted molar refractivity (Wildman–Crippen MR) is 112 cm³/mol. The van der Waals surface area contributed by atoms with Crippen molar-refractivity contribution in [1.82, 2.24) is 14.5 Å². The van der Waals surface area contributed by atoms with Gasteiger partial charge in [-0.25, -0.2) is 17.8 Å². The van der Waals surface area contributed by atoms with E-state index in [0.717, 1.165) is 31.6 Å². The van der Waals surface area contributed by atoms with E-state index in [9.17, 15) is 12.8 Å². The second kappa shape index (κ2) is 10.4. The molecule has 0 amide bonds. The molecule has 1 atom stereocenters. The number of rotatable bonds is 10. The van der Waals surface area contributed by atoms with E-state index in [2.05, 4.69) is 9.88 Å². The zero-order valence-electron chi connectivity index (χ0n) is 17.6. The highest BCUT2D eigenvalue weighted by molar-refractivity contribution is 7.91. The molecule has 0 aliphatic carbocycles. The lowest BCUT2D eigenvalue weighted by Crippen LogP contribution is -2.37. The number of halogens is 1. The van der Waals surface area contributed by atoms with E-state index in [4.69, 9.17) is 9.47 Å². The van der Waals surface area contributed by atoms with Gasteiger partial charge < -0.3 is 14.0 Å². The summed E-state index contributed by atoms with van der Waals surface area (Å²) in [5.74, 6) is 0.579. The lowest BCUT2D eigenvalue weighted by Gasteiger charge is -2.32. The molecule has 0 bridgehead atoms. The van der Waals surface area contributed by atoms with Gasteiger partial charge in [0.15, 0.2) is 0 Å². The normalized spacial score (nSPS) is 17.9. The summed E-state index contributed by atoms with van der Waals surface area (Å²) < 4.78 is 50.8. The molecule has 1 aromatic heterocycles. The molecule has 1 aromatic carbocycles. The molecular weight excluding hydrogens is 409 g/mol. The van der Waals surface area contributed by atoms with Gasteiger partial charge in [-0.15, -0.1) is 0 Å². The number of likely N-dealkylation sites (tertiary alicyclic amines) is 1. The highest BCUT2D eigenvalue weighted by Crippen LogP contribution is 2.22. The Hall–Kier alpha value is -1.97. The van der Waals surface area contributed by atoms with Gasteiger partial charge in [-0.3, -0.25) is 4.90 Å². The molecule has 1 saturated heterocycles. The first-order chi connectivity index (χ1) is 14.4. The Morgan fingerprint density at radius 2 is 2.17 bits per heavy atom. The van der Waals surface area contributed by atoms with Gasteiger partial charge in [0.05, 0.1) is 30.9 Å². The van der Waals surface area contributed by atoms with E-state index >= 15 is 0 Å². The Balaban J connectivity index is 1.65. The zero-order valence-corrected chi connectivity index (χ0v) is 18.4. The predicted octanol–water partition coefficient (Wildman–Crippen LogP) is 2.75. The molecular formula is C21H30FN3O4S. The Morgan fingerprint density at radius 1 is 1.33 bits per heavy atom. The molecule has 166 valence electrons. The number of hydrogen-bond donors (Lipinski definition) is 0. The van der Waals surface area contributed by atoms with Gasteiger partial charge in [-0.2, -0.15) is 0 Å². The van der Waals surface area contributed by atoms with Crippen LogP contribution in [0.1, 0.15) is 25.5 Å². The number of imidazole rings is 1. The maximum Gasteiger partial charge on any atom is 0.227 e. The molecule has 9 heteroatoms. The quantitative estimate of drug-likeness (QED) is 0.567. The zero-order chi connectivity index (χ0) is 21.6. The SMILES string of the molecule is CCS(=O)(=O)c1ncc(CN2CCCC(COc3cccc(F)c3)C2)n1CCOC. The maximum atomic E-state index is 13.3. The second-order valence-corrected chi connectivity index (χ2v) is 9.76. The molecule has 2 heterocycles. The summed E-state index contributed by atoms with van der Waals surface area (Å²) in [5, 5.41) is 0.111. The van der Waals surface area contributed by atoms with E-state index in [1.54, 1.807) is 36.9 Å². The van der Waals surface area contributed by atoms with Gasteiger partial charge in [0.1, 0.15) is 11.6 Å². The molecule has 3 rings (SSSR count). The van der Waals surface area contributed by atoms with Crippen LogP contribution in [0.2, 0.25) is 0 Å². The molecule has 1 unspecified atom stereocenters. The average Bonchev–Trinajstić information content (AvgIpc) is 3.14. The summed E-state index contributed by atoms with van der Waals surface area (Å²) in [6.07, 6.45) is 3.73. The summed E-state index contributed by atoms with van der Waals surface area (Å²) >= 11 is 0. The van der Waals surface area contributed by atoms with Crippen molar-refractivity contribution in [3.63, 3.8) is 0 Å². The average molecular weight is 440 g/mol. The van der Waals surface area contributed by atoms with Crippen molar-refractivity contribution in [1.29, 1.82) is 0 Å². The molecule has 0 spiro atoms. The number of ether oxygens (including phenoxy) is 2. The van der Waals surface area contributed by atoms with Crippen molar-refractivity contribution >= 4 is 9.84 Å². The van der Waals surface area contributed by atoms with Crippen molar-refractivity contribution in [3.05, 3.63) is 42.0 Å². The van der Waals surface area contributed by atoms with E-state index in [0.29, 0.717) is 38.0 Å². The lowest BCUT2D eigenvalue weighted by molar-refractivity contribution is 0.121. The standard InChI is InChI=1S/C21H30FN3O4S/c1-3-30(26,27)21-23-13-19(25(21)10-11-28-2)15-24-9-5-6-17(14-24)16-29-20-8-4-7-18(22)12-20/h4,7-8,12-13,17H,3,5-6,9-11,14-16H2,1-2H3. The molecule has 1 aliphatic rings. The number of methoxy groups -OCH3 is 1. The number of aromatic nitrogens is 2. The monoisotopic (exact) mass is 439 g/mol. The fourth-order valence-electron chi connectivity index (χ4n) is 3.75. The van der Waals surface area contributed by atoms with E-state index in [-0.39, 0.29) is 16.7 Å². The number of sulfone groups is 1. The number of nitrogens with zero attached hydrogens (tertiary/aromatic N) is 3. The minimum atomic E-state index is -3.41. The minimum Gasteiger partial charge on any atom is -0.493 e. The van der Waals surface area contributed by atoms with Crippen LogP contribution in [0, 0.1) is 11.7 Å². The second-order valence-electron chi connectivity index (χ2n) is 7.59.